The molecule has 3 aromatic rings. The third-order valence-corrected chi connectivity index (χ3v) is 13.0. The van der Waals surface area contributed by atoms with E-state index in [0.717, 1.165) is 44.3 Å². The van der Waals surface area contributed by atoms with Crippen molar-refractivity contribution in [2.45, 2.75) is 135 Å². The molecule has 9 N–H and O–H groups in total. The number of carboxylic acids is 1. The van der Waals surface area contributed by atoms with Crippen LogP contribution in [0.3, 0.4) is 0 Å². The molecule has 1 unspecified atom stereocenters. The number of imide groups is 1. The van der Waals surface area contributed by atoms with Crippen LogP contribution in [0, 0.1) is 5.92 Å². The summed E-state index contributed by atoms with van der Waals surface area (Å²) >= 11 is 0. The number of carboxylic acid groups (broad SMARTS) is 1. The van der Waals surface area contributed by atoms with Crippen molar-refractivity contribution in [1.29, 1.82) is 0 Å². The SMILES string of the molecule is CC(C)(C)OC(=O)NCC(C(=O)NCCC(=O)Nc1cc(C[n+]2cccc(/C=C/C(=O)NCCCCC3CCN(C(=O)c4cccc(NC(=O)OC(C)(C)C)c4)CC3)c2)ccc1O[C@@H]1O[C@H](C(=O)O)[C@@H](O)[C@H](O)[C@H]1O)N1C(=O)C=CC1=O. The lowest BCUT2D eigenvalue weighted by atomic mass is 9.91. The number of aliphatic hydroxyl groups is 3. The Morgan fingerprint density at radius 1 is 0.793 bits per heavy atom. The van der Waals surface area contributed by atoms with Gasteiger partial charge < -0.3 is 65.5 Å². The summed E-state index contributed by atoms with van der Waals surface area (Å²) in [6.45, 7) is 11.2. The molecular formula is C57H73N8O17+. The minimum absolute atomic E-state index is 0.0168. The number of carbonyl (C=O) groups excluding carboxylic acids is 8. The van der Waals surface area contributed by atoms with E-state index in [0.29, 0.717) is 52.8 Å². The maximum absolute atomic E-state index is 13.5. The summed E-state index contributed by atoms with van der Waals surface area (Å²) < 4.78 is 23.5. The third kappa shape index (κ3) is 18.9. The molecule has 1 aromatic heterocycles. The van der Waals surface area contributed by atoms with E-state index in [-0.39, 0.29) is 36.3 Å². The molecule has 442 valence electrons. The van der Waals surface area contributed by atoms with E-state index in [9.17, 15) is 63.6 Å². The first kappa shape index (κ1) is 62.9. The van der Waals surface area contributed by atoms with Crippen LogP contribution in [0.1, 0.15) is 102 Å². The third-order valence-electron chi connectivity index (χ3n) is 13.0. The molecule has 6 rings (SSSR count). The summed E-state index contributed by atoms with van der Waals surface area (Å²) in [6, 6.07) is 13.4. The Labute approximate surface area is 474 Å². The van der Waals surface area contributed by atoms with Gasteiger partial charge in [0.05, 0.1) is 12.2 Å². The fraction of sp³-hybridized carbons (Fsp3) is 0.474. The number of alkyl carbamates (subject to hydrolysis) is 1. The number of ether oxygens (including phenoxy) is 4. The van der Waals surface area contributed by atoms with Crippen molar-refractivity contribution < 1.29 is 87.1 Å². The van der Waals surface area contributed by atoms with Crippen LogP contribution in [0.25, 0.3) is 6.08 Å². The van der Waals surface area contributed by atoms with E-state index in [1.165, 1.54) is 18.2 Å². The quantitative estimate of drug-likeness (QED) is 0.0302. The van der Waals surface area contributed by atoms with E-state index in [4.69, 9.17) is 18.9 Å². The normalized spacial score (nSPS) is 19.7. The van der Waals surface area contributed by atoms with Gasteiger partial charge in [-0.15, -0.1) is 0 Å². The summed E-state index contributed by atoms with van der Waals surface area (Å²) in [6.07, 6.45) is 1.26. The van der Waals surface area contributed by atoms with E-state index in [2.05, 4.69) is 26.6 Å². The number of nitrogens with one attached hydrogen (secondary N) is 5. The standard InChI is InChI=1S/C57H72N8O17/c1-56(2,3)81-54(77)60-31-40(65-44(68)19-20-45(65)69)50(73)59-25-21-43(67)62-39-29-36(15-17-41(39)79-53-48(72)46(70)47(71)49(80-53)52(75)76)33-63-26-10-12-35(32-63)16-18-42(66)58-24-8-7-11-34-22-27-64(28-23-34)51(74)37-13-9-14-38(30-37)61-55(78)82-57(4,5)6/h9-10,12-20,26,29-30,32,34,40,46-49,53,70-72H,7-8,11,21-25,27-28,31,33H2,1-6H3,(H5-,58,59,60,61,62,66,67,73,75,76,77,78)/p+1/b18-16+/t40?,46-,47-,48+,49-,53+/m0/s1. The zero-order chi connectivity index (χ0) is 59.9. The first-order chi connectivity index (χ1) is 38.7. The summed E-state index contributed by atoms with van der Waals surface area (Å²) in [5.74, 6) is -4.90. The number of likely N-dealkylation sites (tertiary alicyclic amines) is 1. The zero-order valence-electron chi connectivity index (χ0n) is 46.6. The highest BCUT2D eigenvalue weighted by Crippen LogP contribution is 2.32. The number of benzene rings is 2. The maximum Gasteiger partial charge on any atom is 0.412 e. The number of amides is 8. The zero-order valence-corrected chi connectivity index (χ0v) is 46.6. The average molecular weight is 1140 g/mol. The fourth-order valence-corrected chi connectivity index (χ4v) is 9.00. The Balaban J connectivity index is 1.01. The van der Waals surface area contributed by atoms with Crippen LogP contribution in [0.5, 0.6) is 5.75 Å². The van der Waals surface area contributed by atoms with Gasteiger partial charge in [0.2, 0.25) is 24.0 Å². The Hall–Kier alpha value is -8.26. The number of rotatable bonds is 22. The molecule has 2 saturated heterocycles. The van der Waals surface area contributed by atoms with Crippen LogP contribution in [0.15, 0.2) is 85.2 Å². The van der Waals surface area contributed by atoms with Gasteiger partial charge >= 0.3 is 18.2 Å². The number of hydrogen-bond acceptors (Lipinski definition) is 16. The molecule has 4 heterocycles. The summed E-state index contributed by atoms with van der Waals surface area (Å²) in [7, 11) is 0. The van der Waals surface area contributed by atoms with Gasteiger partial charge in [0.25, 0.3) is 17.7 Å². The number of aromatic nitrogens is 1. The fourth-order valence-electron chi connectivity index (χ4n) is 9.00. The molecule has 0 aliphatic carbocycles. The number of nitrogens with zero attached hydrogens (tertiary/aromatic N) is 3. The molecule has 2 aromatic carbocycles. The predicted octanol–water partition coefficient (Wildman–Crippen LogP) is 2.76. The smallest absolute Gasteiger partial charge is 0.412 e. The molecule has 0 radical (unpaired) electrons. The molecule has 0 saturated carbocycles. The van der Waals surface area contributed by atoms with Gasteiger partial charge in [-0.3, -0.25) is 39.0 Å². The van der Waals surface area contributed by atoms with Crippen molar-refractivity contribution in [3.8, 4) is 5.75 Å². The van der Waals surface area contributed by atoms with Crippen LogP contribution >= 0.6 is 0 Å². The van der Waals surface area contributed by atoms with Crippen molar-refractivity contribution in [3.63, 3.8) is 0 Å². The molecule has 0 spiro atoms. The lowest BCUT2D eigenvalue weighted by Gasteiger charge is -2.38. The highest BCUT2D eigenvalue weighted by molar-refractivity contribution is 6.15. The number of anilines is 2. The topological polar surface area (TPSA) is 342 Å². The molecule has 0 bridgehead atoms. The number of hydrogen-bond donors (Lipinski definition) is 9. The molecule has 25 nitrogen and oxygen atoms in total. The molecule has 3 aliphatic heterocycles. The van der Waals surface area contributed by atoms with Crippen LogP contribution in [-0.4, -0.2) is 164 Å². The van der Waals surface area contributed by atoms with Crippen molar-refractivity contribution in [1.82, 2.24) is 25.8 Å². The number of pyridine rings is 1. The van der Waals surface area contributed by atoms with Crippen molar-refractivity contribution in [2.24, 2.45) is 5.92 Å². The Bertz CT molecular complexity index is 2870. The molecule has 3 aliphatic rings. The molecule has 2 fully saturated rings. The van der Waals surface area contributed by atoms with Gasteiger partial charge in [0, 0.05) is 79.3 Å². The Kier molecular flexibility index (Phi) is 21.8. The lowest BCUT2D eigenvalue weighted by Crippen LogP contribution is -2.61. The molecule has 6 atom stereocenters. The van der Waals surface area contributed by atoms with Crippen molar-refractivity contribution in [3.05, 3.63) is 102 Å². The van der Waals surface area contributed by atoms with E-state index in [1.807, 2.05) is 4.90 Å². The van der Waals surface area contributed by atoms with Crippen LogP contribution < -0.4 is 35.9 Å². The van der Waals surface area contributed by atoms with E-state index in [1.54, 1.807) is 107 Å². The van der Waals surface area contributed by atoms with Crippen LogP contribution in [0.4, 0.5) is 21.0 Å². The van der Waals surface area contributed by atoms with Crippen LogP contribution in [0.2, 0.25) is 0 Å². The second-order valence-corrected chi connectivity index (χ2v) is 21.9. The second-order valence-electron chi connectivity index (χ2n) is 21.9. The van der Waals surface area contributed by atoms with Gasteiger partial charge in [-0.05, 0) is 115 Å². The van der Waals surface area contributed by atoms with Gasteiger partial charge in [-0.2, -0.15) is 0 Å². The first-order valence-corrected chi connectivity index (χ1v) is 26.9. The van der Waals surface area contributed by atoms with Crippen molar-refractivity contribution >= 4 is 71.0 Å². The van der Waals surface area contributed by atoms with E-state index >= 15 is 0 Å². The van der Waals surface area contributed by atoms with Gasteiger partial charge in [-0.1, -0.05) is 18.9 Å². The monoisotopic (exact) mass is 1140 g/mol. The average Bonchev–Trinajstić information content (AvgIpc) is 3.85. The molecule has 8 amide bonds. The number of unbranched alkanes of at least 4 members (excludes halogenated alkanes) is 1. The number of aliphatic hydroxyl groups excluding tert-OH is 3. The number of carbonyl (C=O) groups is 9. The van der Waals surface area contributed by atoms with Gasteiger partial charge in [0.15, 0.2) is 25.0 Å². The highest BCUT2D eigenvalue weighted by Gasteiger charge is 2.48. The lowest BCUT2D eigenvalue weighted by molar-refractivity contribution is -0.688. The molecule has 82 heavy (non-hydrogen) atoms. The van der Waals surface area contributed by atoms with E-state index < -0.39 is 103 Å². The highest BCUT2D eigenvalue weighted by atomic mass is 16.7. The van der Waals surface area contributed by atoms with Crippen LogP contribution in [-0.2, 0) is 49.5 Å². The summed E-state index contributed by atoms with van der Waals surface area (Å²) in [5, 5.41) is 54.1. The Morgan fingerprint density at radius 3 is 2.17 bits per heavy atom. The van der Waals surface area contributed by atoms with Gasteiger partial charge in [0.1, 0.15) is 41.3 Å². The molecular weight excluding hydrogens is 1070 g/mol. The molecule has 25 heteroatoms. The summed E-state index contributed by atoms with van der Waals surface area (Å²) in [5.41, 5.74) is 0.653. The number of aliphatic carboxylic acids is 1. The van der Waals surface area contributed by atoms with Crippen molar-refractivity contribution in [2.75, 3.05) is 43.4 Å². The minimum Gasteiger partial charge on any atom is -0.479 e. The first-order valence-electron chi connectivity index (χ1n) is 26.9. The summed E-state index contributed by atoms with van der Waals surface area (Å²) in [4.78, 5) is 117. The Morgan fingerprint density at radius 2 is 1.49 bits per heavy atom. The number of piperidine rings is 1. The second kappa shape index (κ2) is 28.4. The minimum atomic E-state index is -2.00. The largest absolute Gasteiger partial charge is 0.479 e. The predicted molar refractivity (Wildman–Crippen MR) is 293 cm³/mol. The maximum atomic E-state index is 13.5. The van der Waals surface area contributed by atoms with Gasteiger partial charge in [-0.25, -0.2) is 19.0 Å².